The zero-order valence-electron chi connectivity index (χ0n) is 13.3. The molecule has 1 saturated heterocycles. The largest absolute Gasteiger partial charge is 0.369 e. The van der Waals surface area contributed by atoms with E-state index in [1.165, 1.54) is 11.1 Å². The van der Waals surface area contributed by atoms with E-state index < -0.39 is 0 Å². The average molecular weight is 290 g/mol. The summed E-state index contributed by atoms with van der Waals surface area (Å²) in [7, 11) is 0. The van der Waals surface area contributed by atoms with Crippen molar-refractivity contribution >= 4 is 5.91 Å². The maximum absolute atomic E-state index is 12.6. The summed E-state index contributed by atoms with van der Waals surface area (Å²) < 4.78 is 5.47. The Hall–Kier alpha value is -1.39. The lowest BCUT2D eigenvalue weighted by atomic mass is 10.0. The highest BCUT2D eigenvalue weighted by Gasteiger charge is 2.30. The number of carbonyl (C=O) groups excluding carboxylic acids is 1. The van der Waals surface area contributed by atoms with Gasteiger partial charge in [0.1, 0.15) is 6.10 Å². The summed E-state index contributed by atoms with van der Waals surface area (Å²) in [6, 6.07) is 8.68. The highest BCUT2D eigenvalue weighted by atomic mass is 16.5. The summed E-state index contributed by atoms with van der Waals surface area (Å²) in [4.78, 5) is 14.5. The van der Waals surface area contributed by atoms with Crippen LogP contribution in [0, 0.1) is 0 Å². The molecule has 116 valence electrons. The average Bonchev–Trinajstić information content (AvgIpc) is 2.54. The highest BCUT2D eigenvalue weighted by Crippen LogP contribution is 2.24. The Morgan fingerprint density at radius 2 is 2.10 bits per heavy atom. The fourth-order valence-corrected chi connectivity index (χ4v) is 2.80. The zero-order valence-corrected chi connectivity index (χ0v) is 13.3. The van der Waals surface area contributed by atoms with Gasteiger partial charge in [-0.1, -0.05) is 31.2 Å². The predicted molar refractivity (Wildman–Crippen MR) is 84.2 cm³/mol. The molecule has 0 aromatic heterocycles. The van der Waals surface area contributed by atoms with E-state index in [0.29, 0.717) is 6.61 Å². The Bertz CT molecular complexity index is 458. The Labute approximate surface area is 127 Å². The van der Waals surface area contributed by atoms with Crippen LogP contribution >= 0.6 is 0 Å². The molecule has 1 fully saturated rings. The maximum Gasteiger partial charge on any atom is 0.252 e. The minimum atomic E-state index is -0.370. The second kappa shape index (κ2) is 7.57. The van der Waals surface area contributed by atoms with Gasteiger partial charge < -0.3 is 15.0 Å². The van der Waals surface area contributed by atoms with Gasteiger partial charge in [0.2, 0.25) is 0 Å². The van der Waals surface area contributed by atoms with E-state index in [4.69, 9.17) is 4.74 Å². The number of benzene rings is 1. The van der Waals surface area contributed by atoms with Crippen LogP contribution in [0.4, 0.5) is 0 Å². The maximum atomic E-state index is 12.6. The molecule has 1 aliphatic rings. The second-order valence-corrected chi connectivity index (χ2v) is 5.44. The number of carbonyl (C=O) groups is 1. The molecule has 2 atom stereocenters. The Morgan fingerprint density at radius 3 is 2.71 bits per heavy atom. The Balaban J connectivity index is 2.15. The minimum absolute atomic E-state index is 0.0860. The van der Waals surface area contributed by atoms with Crippen molar-refractivity contribution in [1.82, 2.24) is 10.2 Å². The first-order valence-electron chi connectivity index (χ1n) is 7.89. The number of hydrogen-bond donors (Lipinski definition) is 1. The van der Waals surface area contributed by atoms with Crippen molar-refractivity contribution in [3.8, 4) is 0 Å². The molecule has 1 heterocycles. The van der Waals surface area contributed by atoms with Gasteiger partial charge in [0.25, 0.3) is 5.91 Å². The summed E-state index contributed by atoms with van der Waals surface area (Å²) in [6.45, 7) is 8.85. The second-order valence-electron chi connectivity index (χ2n) is 5.44. The van der Waals surface area contributed by atoms with Crippen LogP contribution in [0.1, 0.15) is 37.9 Å². The molecular formula is C17H26N2O2. The van der Waals surface area contributed by atoms with E-state index in [1.54, 1.807) is 0 Å². The van der Waals surface area contributed by atoms with Crippen molar-refractivity contribution in [1.29, 1.82) is 0 Å². The van der Waals surface area contributed by atoms with Gasteiger partial charge in [-0.15, -0.1) is 0 Å². The highest BCUT2D eigenvalue weighted by molar-refractivity contribution is 5.81. The molecular weight excluding hydrogens is 264 g/mol. The normalized spacial score (nSPS) is 20.3. The molecule has 1 N–H and O–H groups in total. The van der Waals surface area contributed by atoms with Crippen molar-refractivity contribution in [2.45, 2.75) is 39.3 Å². The van der Waals surface area contributed by atoms with Gasteiger partial charge in [-0.3, -0.25) is 4.79 Å². The molecule has 0 spiro atoms. The van der Waals surface area contributed by atoms with Crippen LogP contribution in [0.15, 0.2) is 24.3 Å². The van der Waals surface area contributed by atoms with E-state index >= 15 is 0 Å². The number of piperazine rings is 1. The monoisotopic (exact) mass is 290 g/mol. The van der Waals surface area contributed by atoms with Crippen LogP contribution in [-0.2, 0) is 16.0 Å². The first-order chi connectivity index (χ1) is 10.2. The summed E-state index contributed by atoms with van der Waals surface area (Å²) in [5, 5.41) is 3.38. The van der Waals surface area contributed by atoms with Crippen LogP contribution < -0.4 is 5.32 Å². The number of amides is 1. The summed E-state index contributed by atoms with van der Waals surface area (Å²) in [5.41, 5.74) is 2.51. The predicted octanol–water partition coefficient (Wildman–Crippen LogP) is 2.15. The van der Waals surface area contributed by atoms with Crippen LogP contribution in [-0.4, -0.2) is 43.2 Å². The lowest BCUT2D eigenvalue weighted by Gasteiger charge is -2.38. The third kappa shape index (κ3) is 3.83. The molecule has 0 radical (unpaired) electrons. The van der Waals surface area contributed by atoms with E-state index in [9.17, 15) is 4.79 Å². The Kier molecular flexibility index (Phi) is 5.76. The van der Waals surface area contributed by atoms with Crippen molar-refractivity contribution in [2.75, 3.05) is 26.2 Å². The van der Waals surface area contributed by atoms with Gasteiger partial charge in [0.05, 0.1) is 6.04 Å². The molecule has 1 aromatic carbocycles. The molecule has 2 rings (SSSR count). The Morgan fingerprint density at radius 1 is 1.38 bits per heavy atom. The van der Waals surface area contributed by atoms with Crippen molar-refractivity contribution in [3.05, 3.63) is 35.4 Å². The summed E-state index contributed by atoms with van der Waals surface area (Å²) >= 11 is 0. The van der Waals surface area contributed by atoms with Crippen LogP contribution in [0.5, 0.6) is 0 Å². The fraction of sp³-hybridized carbons (Fsp3) is 0.588. The van der Waals surface area contributed by atoms with E-state index in [1.807, 2.05) is 18.7 Å². The van der Waals surface area contributed by atoms with E-state index in [-0.39, 0.29) is 18.1 Å². The lowest BCUT2D eigenvalue weighted by molar-refractivity contribution is -0.145. The van der Waals surface area contributed by atoms with Gasteiger partial charge in [-0.2, -0.15) is 0 Å². The van der Waals surface area contributed by atoms with Crippen LogP contribution in [0.25, 0.3) is 0 Å². The molecule has 2 unspecified atom stereocenters. The third-order valence-corrected chi connectivity index (χ3v) is 4.06. The van der Waals surface area contributed by atoms with Crippen LogP contribution in [0.2, 0.25) is 0 Å². The molecule has 1 aromatic rings. The number of ether oxygens (including phenoxy) is 1. The smallest absolute Gasteiger partial charge is 0.252 e. The first-order valence-corrected chi connectivity index (χ1v) is 7.89. The van der Waals surface area contributed by atoms with E-state index in [2.05, 4.69) is 36.5 Å². The van der Waals surface area contributed by atoms with Crippen LogP contribution in [0.3, 0.4) is 0 Å². The lowest BCUT2D eigenvalue weighted by Crippen LogP contribution is -2.51. The molecule has 1 amide bonds. The van der Waals surface area contributed by atoms with Gasteiger partial charge in [0, 0.05) is 26.2 Å². The molecule has 4 heteroatoms. The number of nitrogens with one attached hydrogen (secondary N) is 1. The standard InChI is InChI=1S/C17H26N2O2/c1-4-14-6-8-15(9-7-14)16-12-18-10-11-19(16)17(20)13(3)21-5-2/h6-9,13,16,18H,4-5,10-12H2,1-3H3. The quantitative estimate of drug-likeness (QED) is 0.903. The molecule has 0 bridgehead atoms. The first kappa shape index (κ1) is 16.0. The van der Waals surface area contributed by atoms with Gasteiger partial charge in [-0.25, -0.2) is 0 Å². The molecule has 1 aliphatic heterocycles. The van der Waals surface area contributed by atoms with Crippen molar-refractivity contribution in [2.24, 2.45) is 0 Å². The van der Waals surface area contributed by atoms with Crippen molar-refractivity contribution in [3.63, 3.8) is 0 Å². The zero-order chi connectivity index (χ0) is 15.2. The van der Waals surface area contributed by atoms with Crippen molar-refractivity contribution < 1.29 is 9.53 Å². The number of aryl methyl sites for hydroxylation is 1. The number of hydrogen-bond acceptors (Lipinski definition) is 3. The number of nitrogens with zero attached hydrogens (tertiary/aromatic N) is 1. The molecule has 21 heavy (non-hydrogen) atoms. The van der Waals surface area contributed by atoms with Gasteiger partial charge in [-0.05, 0) is 31.4 Å². The van der Waals surface area contributed by atoms with Gasteiger partial charge >= 0.3 is 0 Å². The van der Waals surface area contributed by atoms with Gasteiger partial charge in [0.15, 0.2) is 0 Å². The van der Waals surface area contributed by atoms with E-state index in [0.717, 1.165) is 26.1 Å². The number of rotatable bonds is 5. The third-order valence-electron chi connectivity index (χ3n) is 4.06. The SMILES string of the molecule is CCOC(C)C(=O)N1CCNCC1c1ccc(CC)cc1. The summed E-state index contributed by atoms with van der Waals surface area (Å²) in [6.07, 6.45) is 0.665. The minimum Gasteiger partial charge on any atom is -0.369 e. The fourth-order valence-electron chi connectivity index (χ4n) is 2.80. The molecule has 0 saturated carbocycles. The topological polar surface area (TPSA) is 41.6 Å². The molecule has 4 nitrogen and oxygen atoms in total. The molecule has 0 aliphatic carbocycles. The summed E-state index contributed by atoms with van der Waals surface area (Å²) in [5.74, 6) is 0.0860.